The lowest BCUT2D eigenvalue weighted by Crippen LogP contribution is -2.21. The quantitative estimate of drug-likeness (QED) is 0.634. The summed E-state index contributed by atoms with van der Waals surface area (Å²) in [6.07, 6.45) is -0.361. The number of carbonyl (C=O) groups excluding carboxylic acids is 2. The van der Waals surface area contributed by atoms with Crippen LogP contribution in [0.5, 0.6) is 0 Å². The van der Waals surface area contributed by atoms with Crippen LogP contribution < -0.4 is 11.1 Å². The molecule has 2 amide bonds. The van der Waals surface area contributed by atoms with E-state index in [4.69, 9.17) is 5.73 Å². The highest BCUT2D eigenvalue weighted by Crippen LogP contribution is 2.07. The highest BCUT2D eigenvalue weighted by atomic mass is 16.5. The van der Waals surface area contributed by atoms with Gasteiger partial charge in [-0.25, -0.2) is 0 Å². The number of anilines is 1. The molecule has 3 N–H and O–H groups in total. The van der Waals surface area contributed by atoms with Crippen LogP contribution in [0.2, 0.25) is 0 Å². The van der Waals surface area contributed by atoms with Gasteiger partial charge < -0.3 is 10.3 Å². The molecule has 0 saturated heterocycles. The first-order chi connectivity index (χ1) is 6.08. The zero-order chi connectivity index (χ0) is 9.84. The first kappa shape index (κ1) is 9.24. The van der Waals surface area contributed by atoms with Crippen molar-refractivity contribution in [2.24, 2.45) is 5.73 Å². The molecule has 0 aliphatic heterocycles. The number of nitrogens with one attached hydrogen (secondary N) is 1. The fourth-order valence-electron chi connectivity index (χ4n) is 0.762. The van der Waals surface area contributed by atoms with Gasteiger partial charge in [-0.15, -0.1) is 0 Å². The first-order valence-electron chi connectivity index (χ1n) is 3.59. The Morgan fingerprint density at radius 3 is 2.85 bits per heavy atom. The lowest BCUT2D eigenvalue weighted by molar-refractivity contribution is -0.124. The van der Waals surface area contributed by atoms with Crippen molar-refractivity contribution < 1.29 is 14.1 Å². The lowest BCUT2D eigenvalue weighted by atomic mass is 10.4. The third kappa shape index (κ3) is 2.94. The van der Waals surface area contributed by atoms with Crippen molar-refractivity contribution in [2.75, 3.05) is 5.32 Å². The fraction of sp³-hybridized carbons (Fsp3) is 0.286. The normalized spacial score (nSPS) is 9.62. The van der Waals surface area contributed by atoms with E-state index < -0.39 is 11.8 Å². The number of primary amides is 1. The Balaban J connectivity index is 2.50. The number of amides is 2. The fourth-order valence-corrected chi connectivity index (χ4v) is 0.762. The minimum Gasteiger partial charge on any atom is -0.369 e. The first-order valence-corrected chi connectivity index (χ1v) is 3.59. The van der Waals surface area contributed by atoms with Gasteiger partial charge in [-0.3, -0.25) is 14.9 Å². The van der Waals surface area contributed by atoms with E-state index in [9.17, 15) is 9.59 Å². The smallest absolute Gasteiger partial charge is 0.236 e. The standard InChI is InChI=1S/C7H9N3O3/c1-4-2-7(13-10-4)9-6(12)3-5(8)11/h2H,3H2,1H3,(H2,8,11)(H,9,12). The number of nitrogens with zero attached hydrogens (tertiary/aromatic N) is 1. The van der Waals surface area contributed by atoms with Crippen LogP contribution >= 0.6 is 0 Å². The Hall–Kier alpha value is -1.85. The Bertz CT molecular complexity index is 331. The molecule has 1 rings (SSSR count). The summed E-state index contributed by atoms with van der Waals surface area (Å²) in [5.74, 6) is -0.985. The highest BCUT2D eigenvalue weighted by Gasteiger charge is 2.08. The molecule has 0 aromatic carbocycles. The predicted molar refractivity (Wildman–Crippen MR) is 43.7 cm³/mol. The molecule has 0 aliphatic carbocycles. The zero-order valence-electron chi connectivity index (χ0n) is 7.03. The molecule has 1 aromatic rings. The van der Waals surface area contributed by atoms with Crippen LogP contribution in [-0.4, -0.2) is 17.0 Å². The number of nitrogens with two attached hydrogens (primary N) is 1. The zero-order valence-corrected chi connectivity index (χ0v) is 7.03. The second kappa shape index (κ2) is 3.70. The van der Waals surface area contributed by atoms with Crippen molar-refractivity contribution in [1.29, 1.82) is 0 Å². The number of aryl methyl sites for hydroxylation is 1. The van der Waals surface area contributed by atoms with E-state index in [1.807, 2.05) is 0 Å². The molecule has 0 saturated carbocycles. The summed E-state index contributed by atoms with van der Waals surface area (Å²) in [4.78, 5) is 21.3. The summed E-state index contributed by atoms with van der Waals surface area (Å²) in [6.45, 7) is 1.72. The Morgan fingerprint density at radius 1 is 1.69 bits per heavy atom. The minimum absolute atomic E-state index is 0.212. The van der Waals surface area contributed by atoms with E-state index in [1.165, 1.54) is 0 Å². The van der Waals surface area contributed by atoms with Crippen LogP contribution in [0.1, 0.15) is 12.1 Å². The van der Waals surface area contributed by atoms with Crippen LogP contribution in [0.25, 0.3) is 0 Å². The molecule has 0 atom stereocenters. The molecule has 0 spiro atoms. The van der Waals surface area contributed by atoms with Gasteiger partial charge in [-0.05, 0) is 6.92 Å². The van der Waals surface area contributed by atoms with Gasteiger partial charge in [0.1, 0.15) is 6.42 Å². The Kier molecular flexibility index (Phi) is 2.63. The van der Waals surface area contributed by atoms with Gasteiger partial charge >= 0.3 is 0 Å². The van der Waals surface area contributed by atoms with Crippen molar-refractivity contribution in [1.82, 2.24) is 5.16 Å². The minimum atomic E-state index is -0.686. The molecule has 0 fully saturated rings. The molecular weight excluding hydrogens is 174 g/mol. The second-order valence-electron chi connectivity index (χ2n) is 2.52. The third-order valence-electron chi connectivity index (χ3n) is 1.23. The average molecular weight is 183 g/mol. The summed E-state index contributed by atoms with van der Waals surface area (Å²) in [6, 6.07) is 1.54. The molecule has 70 valence electrons. The van der Waals surface area contributed by atoms with Gasteiger partial charge in [0, 0.05) is 6.07 Å². The summed E-state index contributed by atoms with van der Waals surface area (Å²) >= 11 is 0. The topological polar surface area (TPSA) is 98.2 Å². The van der Waals surface area contributed by atoms with Gasteiger partial charge in [0.05, 0.1) is 5.69 Å². The summed E-state index contributed by atoms with van der Waals surface area (Å²) in [7, 11) is 0. The number of carbonyl (C=O) groups is 2. The molecular formula is C7H9N3O3. The second-order valence-corrected chi connectivity index (χ2v) is 2.52. The summed E-state index contributed by atoms with van der Waals surface area (Å²) in [5, 5.41) is 5.87. The number of hydrogen-bond donors (Lipinski definition) is 2. The molecule has 13 heavy (non-hydrogen) atoms. The predicted octanol–water partition coefficient (Wildman–Crippen LogP) is -0.203. The van der Waals surface area contributed by atoms with Gasteiger partial charge in [-0.1, -0.05) is 5.16 Å². The van der Waals surface area contributed by atoms with E-state index in [0.717, 1.165) is 0 Å². The SMILES string of the molecule is Cc1cc(NC(=O)CC(N)=O)on1. The third-order valence-corrected chi connectivity index (χ3v) is 1.23. The monoisotopic (exact) mass is 183 g/mol. The van der Waals surface area contributed by atoms with Crippen molar-refractivity contribution >= 4 is 17.7 Å². The van der Waals surface area contributed by atoms with Crippen LogP contribution in [0.3, 0.4) is 0 Å². The molecule has 6 heteroatoms. The molecule has 0 aliphatic rings. The number of aromatic nitrogens is 1. The summed E-state index contributed by atoms with van der Waals surface area (Å²) < 4.78 is 4.68. The lowest BCUT2D eigenvalue weighted by Gasteiger charge is -1.96. The molecule has 0 bridgehead atoms. The average Bonchev–Trinajstić information content (AvgIpc) is 2.33. The molecule has 1 heterocycles. The molecule has 6 nitrogen and oxygen atoms in total. The van der Waals surface area contributed by atoms with Gasteiger partial charge in [0.2, 0.25) is 17.7 Å². The summed E-state index contributed by atoms with van der Waals surface area (Å²) in [5.41, 5.74) is 5.45. The van der Waals surface area contributed by atoms with Crippen molar-refractivity contribution in [3.8, 4) is 0 Å². The highest BCUT2D eigenvalue weighted by molar-refractivity contribution is 6.02. The van der Waals surface area contributed by atoms with Crippen LogP contribution in [-0.2, 0) is 9.59 Å². The molecule has 0 unspecified atom stereocenters. The van der Waals surface area contributed by atoms with Gasteiger partial charge in [-0.2, -0.15) is 0 Å². The van der Waals surface area contributed by atoms with E-state index >= 15 is 0 Å². The van der Waals surface area contributed by atoms with Gasteiger partial charge in [0.15, 0.2) is 0 Å². The van der Waals surface area contributed by atoms with Crippen LogP contribution in [0, 0.1) is 6.92 Å². The van der Waals surface area contributed by atoms with Crippen molar-refractivity contribution in [3.05, 3.63) is 11.8 Å². The largest absolute Gasteiger partial charge is 0.369 e. The van der Waals surface area contributed by atoms with E-state index in [0.29, 0.717) is 5.69 Å². The Labute approximate surface area is 74.1 Å². The number of hydrogen-bond acceptors (Lipinski definition) is 4. The van der Waals surface area contributed by atoms with Crippen LogP contribution in [0.4, 0.5) is 5.88 Å². The Morgan fingerprint density at radius 2 is 2.38 bits per heavy atom. The molecule has 0 radical (unpaired) electrons. The van der Waals surface area contributed by atoms with Crippen molar-refractivity contribution in [3.63, 3.8) is 0 Å². The number of rotatable bonds is 3. The molecule has 1 aromatic heterocycles. The van der Waals surface area contributed by atoms with E-state index in [1.54, 1.807) is 13.0 Å². The van der Waals surface area contributed by atoms with E-state index in [-0.39, 0.29) is 12.3 Å². The maximum Gasteiger partial charge on any atom is 0.236 e. The van der Waals surface area contributed by atoms with Gasteiger partial charge in [0.25, 0.3) is 0 Å². The van der Waals surface area contributed by atoms with Crippen LogP contribution in [0.15, 0.2) is 10.6 Å². The maximum absolute atomic E-state index is 10.9. The van der Waals surface area contributed by atoms with E-state index in [2.05, 4.69) is 15.0 Å². The van der Waals surface area contributed by atoms with Crippen molar-refractivity contribution in [2.45, 2.75) is 13.3 Å². The maximum atomic E-state index is 10.9.